The van der Waals surface area contributed by atoms with E-state index in [4.69, 9.17) is 0 Å². The predicted molar refractivity (Wildman–Crippen MR) is 101 cm³/mol. The molecule has 3 aromatic rings. The molecule has 0 saturated heterocycles. The topological polar surface area (TPSA) is 56.1 Å². The summed E-state index contributed by atoms with van der Waals surface area (Å²) in [5, 5.41) is 0.329. The van der Waals surface area contributed by atoms with Gasteiger partial charge in [0.25, 0.3) is 11.5 Å². The third kappa shape index (κ3) is 3.93. The molecule has 0 aliphatic carbocycles. The van der Waals surface area contributed by atoms with Crippen molar-refractivity contribution in [1.29, 1.82) is 0 Å². The number of aromatic nitrogens is 1. The lowest BCUT2D eigenvalue weighted by molar-refractivity contribution is 0.0189. The zero-order valence-electron chi connectivity index (χ0n) is 15.2. The second kappa shape index (κ2) is 6.56. The van der Waals surface area contributed by atoms with E-state index in [1.165, 1.54) is 16.7 Å². The number of hydrogen-bond donors (Lipinski definition) is 0. The minimum absolute atomic E-state index is 0.229. The van der Waals surface area contributed by atoms with Crippen molar-refractivity contribution in [3.63, 3.8) is 0 Å². The van der Waals surface area contributed by atoms with Gasteiger partial charge in [0.1, 0.15) is 0 Å². The van der Waals surface area contributed by atoms with Crippen molar-refractivity contribution in [3.05, 3.63) is 75.6 Å². The van der Waals surface area contributed by atoms with Crippen LogP contribution in [0.1, 0.15) is 23.6 Å². The first-order valence-corrected chi connectivity index (χ1v) is 10.2. The van der Waals surface area contributed by atoms with Crippen molar-refractivity contribution in [1.82, 2.24) is 4.57 Å². The summed E-state index contributed by atoms with van der Waals surface area (Å²) in [6.07, 6.45) is 1.60. The van der Waals surface area contributed by atoms with E-state index >= 15 is 0 Å². The van der Waals surface area contributed by atoms with E-state index < -0.39 is 21.3 Å². The maximum Gasteiger partial charge on any atom is 0.271 e. The van der Waals surface area contributed by atoms with E-state index in [0.29, 0.717) is 17.3 Å². The summed E-state index contributed by atoms with van der Waals surface area (Å²) in [7, 11) is -1.72. The third-order valence-electron chi connectivity index (χ3n) is 4.54. The first kappa shape index (κ1) is 19.2. The van der Waals surface area contributed by atoms with Crippen molar-refractivity contribution in [2.45, 2.75) is 24.2 Å². The molecule has 0 amide bonds. The summed E-state index contributed by atoms with van der Waals surface area (Å²) in [5.41, 5.74) is 1.31. The van der Waals surface area contributed by atoms with E-state index in [-0.39, 0.29) is 10.5 Å². The number of benzene rings is 2. The van der Waals surface area contributed by atoms with Crippen LogP contribution < -0.4 is 5.56 Å². The van der Waals surface area contributed by atoms with Gasteiger partial charge in [-0.2, -0.15) is 0 Å². The fourth-order valence-corrected chi connectivity index (χ4v) is 3.70. The highest BCUT2D eigenvalue weighted by Gasteiger charge is 2.28. The Bertz CT molecular complexity index is 1170. The van der Waals surface area contributed by atoms with Crippen LogP contribution in [0.4, 0.5) is 8.78 Å². The molecule has 0 aliphatic rings. The van der Waals surface area contributed by atoms with Gasteiger partial charge in [-0.05, 0) is 41.8 Å². The van der Waals surface area contributed by atoms with Crippen LogP contribution >= 0.6 is 0 Å². The molecule has 7 heteroatoms. The average molecular weight is 391 g/mol. The molecule has 1 heterocycles. The number of fused-ring (bicyclic) bond motifs is 1. The van der Waals surface area contributed by atoms with Crippen LogP contribution in [0.25, 0.3) is 10.9 Å². The number of rotatable bonds is 4. The van der Waals surface area contributed by atoms with Gasteiger partial charge in [-0.15, -0.1) is 0 Å². The molecule has 0 fully saturated rings. The first-order chi connectivity index (χ1) is 12.5. The summed E-state index contributed by atoms with van der Waals surface area (Å²) in [5.74, 6) is -3.14. The lowest BCUT2D eigenvalue weighted by atomic mass is 9.98. The number of alkyl halides is 2. The second-order valence-corrected chi connectivity index (χ2v) is 8.80. The van der Waals surface area contributed by atoms with Gasteiger partial charge < -0.3 is 4.57 Å². The van der Waals surface area contributed by atoms with E-state index in [9.17, 15) is 22.0 Å². The minimum atomic E-state index is -3.27. The molecule has 2 aromatic carbocycles. The highest BCUT2D eigenvalue weighted by molar-refractivity contribution is 7.90. The van der Waals surface area contributed by atoms with Gasteiger partial charge in [-0.25, -0.2) is 17.2 Å². The van der Waals surface area contributed by atoms with Crippen molar-refractivity contribution in [2.75, 3.05) is 6.26 Å². The van der Waals surface area contributed by atoms with E-state index in [1.807, 2.05) is 0 Å². The van der Waals surface area contributed by atoms with Crippen LogP contribution in [0.3, 0.4) is 0 Å². The Hall–Kier alpha value is -2.54. The summed E-state index contributed by atoms with van der Waals surface area (Å²) >= 11 is 0. The molecule has 0 aliphatic heterocycles. The lowest BCUT2D eigenvalue weighted by Crippen LogP contribution is -2.21. The van der Waals surface area contributed by atoms with Crippen LogP contribution in [-0.4, -0.2) is 19.2 Å². The predicted octanol–water partition coefficient (Wildman–Crippen LogP) is 3.64. The Kier molecular flexibility index (Phi) is 4.67. The fourth-order valence-electron chi connectivity index (χ4n) is 3.07. The van der Waals surface area contributed by atoms with Crippen LogP contribution in [0, 0.1) is 0 Å². The maximum absolute atomic E-state index is 14.0. The Morgan fingerprint density at radius 2 is 1.59 bits per heavy atom. The molecule has 27 heavy (non-hydrogen) atoms. The van der Waals surface area contributed by atoms with Crippen LogP contribution in [0.15, 0.2) is 58.2 Å². The molecule has 0 saturated carbocycles. The van der Waals surface area contributed by atoms with Gasteiger partial charge in [0.2, 0.25) is 0 Å². The zero-order chi connectivity index (χ0) is 20.0. The Labute approximate surface area is 156 Å². The van der Waals surface area contributed by atoms with Crippen molar-refractivity contribution in [2.24, 2.45) is 7.05 Å². The Morgan fingerprint density at radius 1 is 1.00 bits per heavy atom. The van der Waals surface area contributed by atoms with Crippen LogP contribution in [0.2, 0.25) is 0 Å². The van der Waals surface area contributed by atoms with Crippen molar-refractivity contribution >= 4 is 20.7 Å². The number of pyridine rings is 1. The monoisotopic (exact) mass is 391 g/mol. The smallest absolute Gasteiger partial charge is 0.271 e. The number of halogens is 2. The second-order valence-electron chi connectivity index (χ2n) is 6.79. The quantitative estimate of drug-likeness (QED) is 0.682. The standard InChI is InChI=1S/C20H19F2NO3S/c1-20(21,22)17-12-19(24)23(2)18-9-6-14(11-16(17)18)10-13-4-7-15(8-5-13)27(3,25)26/h4-9,11-12H,10H2,1-3H3. The normalized spacial score (nSPS) is 12.5. The van der Waals surface area contributed by atoms with Gasteiger partial charge in [0.15, 0.2) is 9.84 Å². The highest BCUT2D eigenvalue weighted by atomic mass is 32.2. The van der Waals surface area contributed by atoms with Crippen molar-refractivity contribution in [3.8, 4) is 0 Å². The third-order valence-corrected chi connectivity index (χ3v) is 5.67. The molecule has 142 valence electrons. The van der Waals surface area contributed by atoms with Crippen LogP contribution in [-0.2, 0) is 29.2 Å². The molecule has 3 rings (SSSR count). The molecular formula is C20H19F2NO3S. The van der Waals surface area contributed by atoms with E-state index in [1.54, 1.807) is 37.4 Å². The summed E-state index contributed by atoms with van der Waals surface area (Å²) < 4.78 is 52.4. The fraction of sp³-hybridized carbons (Fsp3) is 0.250. The average Bonchev–Trinajstić information content (AvgIpc) is 2.57. The first-order valence-electron chi connectivity index (χ1n) is 8.27. The van der Waals surface area contributed by atoms with Gasteiger partial charge in [-0.3, -0.25) is 4.79 Å². The number of nitrogens with zero attached hydrogens (tertiary/aromatic N) is 1. The van der Waals surface area contributed by atoms with E-state index in [0.717, 1.165) is 30.4 Å². The van der Waals surface area contributed by atoms with E-state index in [2.05, 4.69) is 0 Å². The summed E-state index contributed by atoms with van der Waals surface area (Å²) in [6, 6.07) is 12.5. The molecule has 4 nitrogen and oxygen atoms in total. The molecular weight excluding hydrogens is 372 g/mol. The largest absolute Gasteiger partial charge is 0.311 e. The number of aryl methyl sites for hydroxylation is 1. The summed E-state index contributed by atoms with van der Waals surface area (Å²) in [4.78, 5) is 12.2. The SMILES string of the molecule is Cn1c(=O)cc(C(C)(F)F)c2cc(Cc3ccc(S(C)(=O)=O)cc3)ccc21. The highest BCUT2D eigenvalue weighted by Crippen LogP contribution is 2.32. The molecule has 0 spiro atoms. The molecule has 0 unspecified atom stereocenters. The van der Waals surface area contributed by atoms with Gasteiger partial charge in [0.05, 0.1) is 10.4 Å². The maximum atomic E-state index is 14.0. The lowest BCUT2D eigenvalue weighted by Gasteiger charge is -2.16. The molecule has 0 N–H and O–H groups in total. The van der Waals surface area contributed by atoms with Gasteiger partial charge >= 0.3 is 0 Å². The Morgan fingerprint density at radius 3 is 2.15 bits per heavy atom. The molecule has 0 atom stereocenters. The van der Waals surface area contributed by atoms with Gasteiger partial charge in [-0.1, -0.05) is 18.2 Å². The minimum Gasteiger partial charge on any atom is -0.311 e. The zero-order valence-corrected chi connectivity index (χ0v) is 16.0. The molecule has 1 aromatic heterocycles. The number of hydrogen-bond acceptors (Lipinski definition) is 3. The van der Waals surface area contributed by atoms with Crippen molar-refractivity contribution < 1.29 is 17.2 Å². The molecule has 0 radical (unpaired) electrons. The molecule has 0 bridgehead atoms. The van der Waals surface area contributed by atoms with Gasteiger partial charge in [0, 0.05) is 37.2 Å². The number of sulfone groups is 1. The Balaban J connectivity index is 2.06. The van der Waals surface area contributed by atoms with Crippen LogP contribution in [0.5, 0.6) is 0 Å². The summed E-state index contributed by atoms with van der Waals surface area (Å²) in [6.45, 7) is 0.776.